The maximum Gasteiger partial charge on any atom is 0.290 e. The lowest BCUT2D eigenvalue weighted by molar-refractivity contribution is -0.115. The number of benzene rings is 3. The molecule has 3 aromatic rings. The Morgan fingerprint density at radius 2 is 1.76 bits per heavy atom. The summed E-state index contributed by atoms with van der Waals surface area (Å²) in [6.45, 7) is 11.0. The van der Waals surface area contributed by atoms with E-state index in [1.807, 2.05) is 42.5 Å². The fraction of sp³-hybridized carbons (Fsp3) is 0.333. The van der Waals surface area contributed by atoms with Gasteiger partial charge in [0.2, 0.25) is 0 Å². The highest BCUT2D eigenvalue weighted by atomic mass is 32.2. The molecule has 8 heteroatoms. The molecule has 0 aliphatic carbocycles. The van der Waals surface area contributed by atoms with Gasteiger partial charge in [-0.15, -0.1) is 0 Å². The number of nitrogens with one attached hydrogen (secondary N) is 2. The molecule has 3 aromatic carbocycles. The van der Waals surface area contributed by atoms with Crippen molar-refractivity contribution in [1.29, 1.82) is 0 Å². The van der Waals surface area contributed by atoms with Crippen LogP contribution >= 0.6 is 11.8 Å². The first-order valence-electron chi connectivity index (χ1n) is 13.9. The van der Waals surface area contributed by atoms with Crippen molar-refractivity contribution in [1.82, 2.24) is 10.6 Å². The van der Waals surface area contributed by atoms with Crippen molar-refractivity contribution in [3.05, 3.63) is 92.9 Å². The molecule has 0 saturated carbocycles. The molecule has 2 amide bonds. The van der Waals surface area contributed by atoms with Gasteiger partial charge in [0, 0.05) is 18.7 Å². The molecule has 1 saturated heterocycles. The average molecular weight is 573 g/mol. The van der Waals surface area contributed by atoms with Gasteiger partial charge in [-0.1, -0.05) is 42.5 Å². The van der Waals surface area contributed by atoms with E-state index in [1.165, 1.54) is 11.1 Å². The molecule has 0 bridgehead atoms. The van der Waals surface area contributed by atoms with Gasteiger partial charge in [-0.2, -0.15) is 0 Å². The summed E-state index contributed by atoms with van der Waals surface area (Å²) < 4.78 is 18.9. The van der Waals surface area contributed by atoms with Crippen molar-refractivity contribution in [2.24, 2.45) is 0 Å². The number of amides is 2. The zero-order valence-electron chi connectivity index (χ0n) is 24.0. The normalized spacial score (nSPS) is 19.1. The first-order valence-corrected chi connectivity index (χ1v) is 14.7. The van der Waals surface area contributed by atoms with Crippen LogP contribution in [0.5, 0.6) is 17.2 Å². The molecule has 2 heterocycles. The molecule has 5 rings (SSSR count). The highest BCUT2D eigenvalue weighted by Gasteiger charge is 2.34. The van der Waals surface area contributed by atoms with E-state index in [-0.39, 0.29) is 16.7 Å². The molecular weight excluding hydrogens is 536 g/mol. The monoisotopic (exact) mass is 572 g/mol. The van der Waals surface area contributed by atoms with Gasteiger partial charge in [0.15, 0.2) is 0 Å². The fourth-order valence-corrected chi connectivity index (χ4v) is 5.86. The topological polar surface area (TPSA) is 85.9 Å². The molecule has 2 aliphatic rings. The molecule has 2 aliphatic heterocycles. The van der Waals surface area contributed by atoms with E-state index in [0.717, 1.165) is 64.1 Å². The summed E-state index contributed by atoms with van der Waals surface area (Å²) in [5, 5.41) is 5.42. The van der Waals surface area contributed by atoms with Gasteiger partial charge in [0.25, 0.3) is 11.1 Å². The van der Waals surface area contributed by atoms with Crippen LogP contribution in [0.1, 0.15) is 46.7 Å². The largest absolute Gasteiger partial charge is 0.492 e. The molecule has 1 fully saturated rings. The lowest BCUT2D eigenvalue weighted by Gasteiger charge is -2.38. The van der Waals surface area contributed by atoms with E-state index in [0.29, 0.717) is 31.2 Å². The first-order chi connectivity index (χ1) is 19.7. The number of hydrogen-bond donors (Lipinski definition) is 2. The van der Waals surface area contributed by atoms with Crippen LogP contribution in [0.15, 0.2) is 59.5 Å². The number of fused-ring (bicyclic) bond motifs is 1. The number of imide groups is 1. The van der Waals surface area contributed by atoms with Crippen LogP contribution in [0, 0.1) is 20.8 Å². The third kappa shape index (κ3) is 6.77. The zero-order chi connectivity index (χ0) is 29.0. The smallest absolute Gasteiger partial charge is 0.290 e. The van der Waals surface area contributed by atoms with Gasteiger partial charge in [0.05, 0.1) is 4.91 Å². The molecule has 1 unspecified atom stereocenters. The minimum absolute atomic E-state index is 0.315. The van der Waals surface area contributed by atoms with Crippen molar-refractivity contribution in [3.63, 3.8) is 0 Å². The lowest BCUT2D eigenvalue weighted by Crippen LogP contribution is -2.46. The van der Waals surface area contributed by atoms with E-state index in [2.05, 4.69) is 50.5 Å². The van der Waals surface area contributed by atoms with Crippen LogP contribution in [0.4, 0.5) is 4.79 Å². The summed E-state index contributed by atoms with van der Waals surface area (Å²) in [4.78, 5) is 23.4. The minimum Gasteiger partial charge on any atom is -0.492 e. The Kier molecular flexibility index (Phi) is 8.71. The van der Waals surface area contributed by atoms with E-state index in [4.69, 9.17) is 14.2 Å². The fourth-order valence-electron chi connectivity index (χ4n) is 5.18. The number of thioether (sulfide) groups is 1. The summed E-state index contributed by atoms with van der Waals surface area (Å²) in [5.74, 6) is 2.35. The Hall–Kier alpha value is -3.75. The van der Waals surface area contributed by atoms with Gasteiger partial charge in [-0.25, -0.2) is 0 Å². The maximum atomic E-state index is 11.7. The second kappa shape index (κ2) is 12.4. The van der Waals surface area contributed by atoms with E-state index < -0.39 is 0 Å². The minimum atomic E-state index is -0.358. The predicted octanol–water partition coefficient (Wildman–Crippen LogP) is 6.27. The zero-order valence-corrected chi connectivity index (χ0v) is 24.8. The Bertz CT molecular complexity index is 1470. The highest BCUT2D eigenvalue weighted by Crippen LogP contribution is 2.43. The summed E-state index contributed by atoms with van der Waals surface area (Å²) >= 11 is 0.909. The van der Waals surface area contributed by atoms with Crippen molar-refractivity contribution >= 4 is 29.0 Å². The number of ether oxygens (including phenoxy) is 3. The molecule has 1 atom stereocenters. The van der Waals surface area contributed by atoms with Crippen molar-refractivity contribution in [2.45, 2.75) is 52.7 Å². The number of carbonyl (C=O) groups is 2. The molecule has 2 N–H and O–H groups in total. The Morgan fingerprint density at radius 1 is 1.00 bits per heavy atom. The summed E-state index contributed by atoms with van der Waals surface area (Å²) in [7, 11) is 0. The second-order valence-electron chi connectivity index (χ2n) is 10.8. The number of hydrogen-bond acceptors (Lipinski definition) is 7. The number of carbonyl (C=O) groups excluding carboxylic acids is 2. The van der Waals surface area contributed by atoms with Crippen LogP contribution < -0.4 is 24.8 Å². The maximum absolute atomic E-state index is 11.7. The molecule has 41 heavy (non-hydrogen) atoms. The van der Waals surface area contributed by atoms with Gasteiger partial charge in [-0.3, -0.25) is 14.9 Å². The van der Waals surface area contributed by atoms with Crippen molar-refractivity contribution in [2.75, 3.05) is 19.7 Å². The standard InChI is InChI=1S/C33H36N2O5S/c1-21-22(2)30-27(23(3)29(21)39-19-25-8-6-5-7-9-25)14-15-33(4,40-30)20-34-16-17-38-26-12-10-24(11-13-26)18-28-31(36)35-32(37)41-28/h5-13,18,34H,14-17,19-20H2,1-4H3,(H,35,36,37). The summed E-state index contributed by atoms with van der Waals surface area (Å²) in [5.41, 5.74) is 6.36. The quantitative estimate of drug-likeness (QED) is 0.219. The van der Waals surface area contributed by atoms with E-state index in [1.54, 1.807) is 6.08 Å². The van der Waals surface area contributed by atoms with Gasteiger partial charge < -0.3 is 19.5 Å². The van der Waals surface area contributed by atoms with Crippen LogP contribution in [0.3, 0.4) is 0 Å². The van der Waals surface area contributed by atoms with Crippen molar-refractivity contribution < 1.29 is 23.8 Å². The third-order valence-corrected chi connectivity index (χ3v) is 8.47. The van der Waals surface area contributed by atoms with Crippen molar-refractivity contribution in [3.8, 4) is 17.2 Å². The molecule has 0 radical (unpaired) electrons. The van der Waals surface area contributed by atoms with E-state index >= 15 is 0 Å². The molecule has 0 aromatic heterocycles. The molecule has 0 spiro atoms. The average Bonchev–Trinajstić information content (AvgIpc) is 3.28. The first kappa shape index (κ1) is 28.8. The van der Waals surface area contributed by atoms with Crippen LogP contribution in [0.2, 0.25) is 0 Å². The molecule has 214 valence electrons. The Balaban J connectivity index is 1.12. The number of rotatable bonds is 10. The summed E-state index contributed by atoms with van der Waals surface area (Å²) in [6.07, 6.45) is 3.55. The molecular formula is C33H36N2O5S. The predicted molar refractivity (Wildman–Crippen MR) is 163 cm³/mol. The van der Waals surface area contributed by atoms with Crippen LogP contribution in [-0.2, 0) is 17.8 Å². The Morgan fingerprint density at radius 3 is 2.46 bits per heavy atom. The lowest BCUT2D eigenvalue weighted by atomic mass is 9.87. The highest BCUT2D eigenvalue weighted by molar-refractivity contribution is 8.18. The van der Waals surface area contributed by atoms with Crippen LogP contribution in [-0.4, -0.2) is 36.4 Å². The second-order valence-corrected chi connectivity index (χ2v) is 11.8. The molecule has 7 nitrogen and oxygen atoms in total. The Labute approximate surface area is 245 Å². The SMILES string of the molecule is Cc1c(C)c2c(c(C)c1OCc1ccccc1)CCC(C)(CNCCOc1ccc(C=C3SC(=O)NC3=O)cc1)O2. The van der Waals surface area contributed by atoms with Gasteiger partial charge >= 0.3 is 0 Å². The van der Waals surface area contributed by atoms with Gasteiger partial charge in [-0.05, 0) is 98.3 Å². The van der Waals surface area contributed by atoms with E-state index in [9.17, 15) is 9.59 Å². The van der Waals surface area contributed by atoms with Crippen LogP contribution in [0.25, 0.3) is 6.08 Å². The summed E-state index contributed by atoms with van der Waals surface area (Å²) in [6, 6.07) is 17.7. The third-order valence-electron chi connectivity index (χ3n) is 7.66. The van der Waals surface area contributed by atoms with Gasteiger partial charge in [0.1, 0.15) is 36.1 Å².